The van der Waals surface area contributed by atoms with Crippen LogP contribution in [0.2, 0.25) is 0 Å². The molecule has 0 saturated carbocycles. The normalized spacial score (nSPS) is 17.6. The molecule has 0 bridgehead atoms. The van der Waals surface area contributed by atoms with Crippen molar-refractivity contribution in [3.63, 3.8) is 0 Å². The lowest BCUT2D eigenvalue weighted by atomic mass is 9.75. The van der Waals surface area contributed by atoms with Gasteiger partial charge in [-0.1, -0.05) is 13.3 Å². The Balaban J connectivity index is 2.62. The van der Waals surface area contributed by atoms with Crippen molar-refractivity contribution < 1.29 is 19.5 Å². The number of amides is 3. The highest BCUT2D eigenvalue weighted by atomic mass is 16.4. The Morgan fingerprint density at radius 2 is 1.85 bits per heavy atom. The molecular weight excluding hydrogens is 262 g/mol. The van der Waals surface area contributed by atoms with Crippen LogP contribution in [-0.4, -0.2) is 59.5 Å². The van der Waals surface area contributed by atoms with Crippen LogP contribution >= 0.6 is 0 Å². The molecule has 7 nitrogen and oxygen atoms in total. The van der Waals surface area contributed by atoms with E-state index in [4.69, 9.17) is 5.73 Å². The number of likely N-dealkylation sites (N-methyl/N-ethyl adjacent to an activating group) is 1. The Kier molecular flexibility index (Phi) is 5.35. The Morgan fingerprint density at radius 3 is 2.25 bits per heavy atom. The van der Waals surface area contributed by atoms with Crippen molar-refractivity contribution in [2.45, 2.75) is 32.6 Å². The molecule has 114 valence electrons. The van der Waals surface area contributed by atoms with Crippen LogP contribution < -0.4 is 5.73 Å². The SMILES string of the molecule is CCCC1(C(=O)O)CCN(C(=O)N(C)CC(N)=O)CC1. The summed E-state index contributed by atoms with van der Waals surface area (Å²) < 4.78 is 0. The van der Waals surface area contributed by atoms with Crippen LogP contribution in [0.15, 0.2) is 0 Å². The van der Waals surface area contributed by atoms with Gasteiger partial charge in [-0.3, -0.25) is 9.59 Å². The van der Waals surface area contributed by atoms with Gasteiger partial charge in [0.25, 0.3) is 0 Å². The van der Waals surface area contributed by atoms with E-state index in [9.17, 15) is 19.5 Å². The summed E-state index contributed by atoms with van der Waals surface area (Å²) in [7, 11) is 1.51. The monoisotopic (exact) mass is 285 g/mol. The summed E-state index contributed by atoms with van der Waals surface area (Å²) >= 11 is 0. The van der Waals surface area contributed by atoms with E-state index >= 15 is 0 Å². The lowest BCUT2D eigenvalue weighted by Crippen LogP contribution is -2.51. The van der Waals surface area contributed by atoms with Gasteiger partial charge in [-0.05, 0) is 19.3 Å². The van der Waals surface area contributed by atoms with E-state index in [1.165, 1.54) is 11.9 Å². The summed E-state index contributed by atoms with van der Waals surface area (Å²) in [6.07, 6.45) is 2.34. The number of likely N-dealkylation sites (tertiary alicyclic amines) is 1. The molecular formula is C13H23N3O4. The van der Waals surface area contributed by atoms with Gasteiger partial charge in [-0.2, -0.15) is 0 Å². The molecule has 1 fully saturated rings. The maximum Gasteiger partial charge on any atom is 0.320 e. The highest BCUT2D eigenvalue weighted by Crippen LogP contribution is 2.36. The van der Waals surface area contributed by atoms with Gasteiger partial charge in [0.2, 0.25) is 5.91 Å². The van der Waals surface area contributed by atoms with Crippen molar-refractivity contribution in [3.05, 3.63) is 0 Å². The number of nitrogens with two attached hydrogens (primary N) is 1. The van der Waals surface area contributed by atoms with Gasteiger partial charge in [0.15, 0.2) is 0 Å². The summed E-state index contributed by atoms with van der Waals surface area (Å²) in [6.45, 7) is 2.62. The molecule has 0 aliphatic carbocycles. The highest BCUT2D eigenvalue weighted by Gasteiger charge is 2.41. The number of carbonyl (C=O) groups excluding carboxylic acids is 2. The molecule has 0 aromatic rings. The quantitative estimate of drug-likeness (QED) is 0.767. The van der Waals surface area contributed by atoms with Crippen molar-refractivity contribution >= 4 is 17.9 Å². The van der Waals surface area contributed by atoms with Gasteiger partial charge >= 0.3 is 12.0 Å². The Morgan fingerprint density at radius 1 is 1.30 bits per heavy atom. The Labute approximate surface area is 118 Å². The predicted octanol–water partition coefficient (Wildman–Crippen LogP) is 0.490. The molecule has 0 radical (unpaired) electrons. The second-order valence-corrected chi connectivity index (χ2v) is 5.43. The Hall–Kier alpha value is -1.79. The number of aliphatic carboxylic acids is 1. The molecule has 1 aliphatic rings. The molecule has 1 heterocycles. The summed E-state index contributed by atoms with van der Waals surface area (Å²) in [4.78, 5) is 37.2. The lowest BCUT2D eigenvalue weighted by Gasteiger charge is -2.39. The van der Waals surface area contributed by atoms with Crippen LogP contribution in [0.4, 0.5) is 4.79 Å². The number of urea groups is 1. The number of carboxylic acids is 1. The van der Waals surface area contributed by atoms with Crippen LogP contribution in [0.3, 0.4) is 0 Å². The summed E-state index contributed by atoms with van der Waals surface area (Å²) in [5.74, 6) is -1.35. The van der Waals surface area contributed by atoms with Crippen LogP contribution in [0.1, 0.15) is 32.6 Å². The molecule has 20 heavy (non-hydrogen) atoms. The molecule has 0 unspecified atom stereocenters. The molecule has 3 amide bonds. The van der Waals surface area contributed by atoms with Crippen molar-refractivity contribution in [2.24, 2.45) is 11.1 Å². The fourth-order valence-electron chi connectivity index (χ4n) is 2.72. The summed E-state index contributed by atoms with van der Waals surface area (Å²) in [5.41, 5.74) is 4.34. The second kappa shape index (κ2) is 6.58. The van der Waals surface area contributed by atoms with Crippen LogP contribution in [0, 0.1) is 5.41 Å². The molecule has 3 N–H and O–H groups in total. The third-order valence-electron chi connectivity index (χ3n) is 3.89. The van der Waals surface area contributed by atoms with E-state index in [0.29, 0.717) is 32.4 Å². The maximum absolute atomic E-state index is 12.1. The second-order valence-electron chi connectivity index (χ2n) is 5.43. The van der Waals surface area contributed by atoms with Gasteiger partial charge in [0.1, 0.15) is 6.54 Å². The molecule has 1 aliphatic heterocycles. The standard InChI is InChI=1S/C13H23N3O4/c1-3-4-13(11(18)19)5-7-16(8-6-13)12(20)15(2)9-10(14)17/h3-9H2,1-2H3,(H2,14,17)(H,18,19). The fraction of sp³-hybridized carbons (Fsp3) is 0.769. The van der Waals surface area contributed by atoms with E-state index in [-0.39, 0.29) is 12.6 Å². The van der Waals surface area contributed by atoms with Gasteiger partial charge in [0.05, 0.1) is 5.41 Å². The minimum atomic E-state index is -0.781. The zero-order chi connectivity index (χ0) is 15.3. The average Bonchev–Trinajstić information content (AvgIpc) is 2.38. The van der Waals surface area contributed by atoms with Gasteiger partial charge < -0.3 is 20.6 Å². The third kappa shape index (κ3) is 3.61. The van der Waals surface area contributed by atoms with Crippen molar-refractivity contribution in [2.75, 3.05) is 26.7 Å². The lowest BCUT2D eigenvalue weighted by molar-refractivity contribution is -0.152. The number of hydrogen-bond donors (Lipinski definition) is 2. The van der Waals surface area contributed by atoms with E-state index in [2.05, 4.69) is 0 Å². The van der Waals surface area contributed by atoms with E-state index in [0.717, 1.165) is 6.42 Å². The number of piperidine rings is 1. The zero-order valence-corrected chi connectivity index (χ0v) is 12.1. The smallest absolute Gasteiger partial charge is 0.320 e. The summed E-state index contributed by atoms with van der Waals surface area (Å²) in [5, 5.41) is 9.40. The van der Waals surface area contributed by atoms with Gasteiger partial charge in [-0.25, -0.2) is 4.79 Å². The number of rotatable bonds is 5. The van der Waals surface area contributed by atoms with Crippen molar-refractivity contribution in [1.82, 2.24) is 9.80 Å². The van der Waals surface area contributed by atoms with Gasteiger partial charge in [0, 0.05) is 20.1 Å². The van der Waals surface area contributed by atoms with Crippen molar-refractivity contribution in [3.8, 4) is 0 Å². The average molecular weight is 285 g/mol. The number of carbonyl (C=O) groups is 3. The third-order valence-corrected chi connectivity index (χ3v) is 3.89. The van der Waals surface area contributed by atoms with Crippen molar-refractivity contribution in [1.29, 1.82) is 0 Å². The first-order valence-corrected chi connectivity index (χ1v) is 6.84. The molecule has 0 spiro atoms. The van der Waals surface area contributed by atoms with E-state index in [1.807, 2.05) is 6.92 Å². The first kappa shape index (κ1) is 16.3. The molecule has 1 saturated heterocycles. The number of carboxylic acid groups (broad SMARTS) is 1. The number of nitrogens with zero attached hydrogens (tertiary/aromatic N) is 2. The number of primary amides is 1. The first-order chi connectivity index (χ1) is 9.32. The minimum absolute atomic E-state index is 0.131. The molecule has 0 atom stereocenters. The van der Waals surface area contributed by atoms with Gasteiger partial charge in [-0.15, -0.1) is 0 Å². The van der Waals surface area contributed by atoms with Crippen LogP contribution in [0.5, 0.6) is 0 Å². The predicted molar refractivity (Wildman–Crippen MR) is 73.0 cm³/mol. The summed E-state index contributed by atoms with van der Waals surface area (Å²) in [6, 6.07) is -0.278. The molecule has 0 aromatic heterocycles. The zero-order valence-electron chi connectivity index (χ0n) is 12.1. The largest absolute Gasteiger partial charge is 0.481 e. The molecule has 7 heteroatoms. The first-order valence-electron chi connectivity index (χ1n) is 6.84. The van der Waals surface area contributed by atoms with Crippen LogP contribution in [-0.2, 0) is 9.59 Å². The fourth-order valence-corrected chi connectivity index (χ4v) is 2.72. The Bertz CT molecular complexity index is 389. The topological polar surface area (TPSA) is 104 Å². The highest BCUT2D eigenvalue weighted by molar-refractivity contribution is 5.83. The molecule has 0 aromatic carbocycles. The maximum atomic E-state index is 12.1. The van der Waals surface area contributed by atoms with E-state index < -0.39 is 17.3 Å². The van der Waals surface area contributed by atoms with E-state index in [1.54, 1.807) is 4.90 Å². The number of hydrogen-bond acceptors (Lipinski definition) is 3. The molecule has 1 rings (SSSR count). The van der Waals surface area contributed by atoms with Crippen LogP contribution in [0.25, 0.3) is 0 Å². The minimum Gasteiger partial charge on any atom is -0.481 e.